The highest BCUT2D eigenvalue weighted by atomic mass is 79.9. The van der Waals surface area contributed by atoms with Crippen molar-refractivity contribution in [1.82, 2.24) is 0 Å². The van der Waals surface area contributed by atoms with Gasteiger partial charge in [0.25, 0.3) is 0 Å². The zero-order valence-corrected chi connectivity index (χ0v) is 13.7. The highest BCUT2D eigenvalue weighted by Gasteiger charge is 2.23. The van der Waals surface area contributed by atoms with Crippen molar-refractivity contribution in [3.63, 3.8) is 0 Å². The lowest BCUT2D eigenvalue weighted by Crippen LogP contribution is -2.37. The molecule has 110 valence electrons. The van der Waals surface area contributed by atoms with Crippen LogP contribution in [0.1, 0.15) is 28.8 Å². The van der Waals surface area contributed by atoms with Crippen molar-refractivity contribution in [1.29, 1.82) is 0 Å². The van der Waals surface area contributed by atoms with Crippen molar-refractivity contribution in [2.75, 3.05) is 32.3 Å². The van der Waals surface area contributed by atoms with Gasteiger partial charge in [-0.05, 0) is 53.4 Å². The summed E-state index contributed by atoms with van der Waals surface area (Å²) in [4.78, 5) is 14.1. The van der Waals surface area contributed by atoms with E-state index < -0.39 is 0 Å². The smallest absolute Gasteiger partial charge is 0.338 e. The first kappa shape index (κ1) is 15.3. The third-order valence-electron chi connectivity index (χ3n) is 3.88. The van der Waals surface area contributed by atoms with Crippen molar-refractivity contribution < 1.29 is 14.3 Å². The molecule has 1 aliphatic rings. The van der Waals surface area contributed by atoms with Crippen LogP contribution in [0, 0.1) is 6.92 Å². The summed E-state index contributed by atoms with van der Waals surface area (Å²) < 4.78 is 11.3. The molecule has 0 radical (unpaired) electrons. The predicted molar refractivity (Wildman–Crippen MR) is 82.5 cm³/mol. The van der Waals surface area contributed by atoms with Crippen LogP contribution in [0.5, 0.6) is 0 Å². The van der Waals surface area contributed by atoms with Crippen LogP contribution in [0.15, 0.2) is 16.6 Å². The SMILES string of the molecule is COC(=O)c1ccc(Br)c(N(C)C2CCOCC2)c1C. The summed E-state index contributed by atoms with van der Waals surface area (Å²) in [6.45, 7) is 3.55. The minimum absolute atomic E-state index is 0.295. The van der Waals surface area contributed by atoms with E-state index in [2.05, 4.69) is 27.9 Å². The van der Waals surface area contributed by atoms with Crippen LogP contribution in [-0.2, 0) is 9.47 Å². The molecule has 5 heteroatoms. The Hall–Kier alpha value is -1.07. The van der Waals surface area contributed by atoms with Crippen LogP contribution >= 0.6 is 15.9 Å². The van der Waals surface area contributed by atoms with E-state index >= 15 is 0 Å². The quantitative estimate of drug-likeness (QED) is 0.791. The predicted octanol–water partition coefficient (Wildman–Crippen LogP) is 3.16. The summed E-state index contributed by atoms with van der Waals surface area (Å²) in [5.74, 6) is -0.295. The number of esters is 1. The summed E-state index contributed by atoms with van der Waals surface area (Å²) in [5.41, 5.74) is 2.62. The van der Waals surface area contributed by atoms with Gasteiger partial charge in [0.15, 0.2) is 0 Å². The third kappa shape index (κ3) is 2.99. The third-order valence-corrected chi connectivity index (χ3v) is 4.52. The molecule has 2 rings (SSSR count). The molecule has 0 saturated carbocycles. The number of hydrogen-bond acceptors (Lipinski definition) is 4. The lowest BCUT2D eigenvalue weighted by atomic mass is 10.0. The van der Waals surface area contributed by atoms with E-state index in [1.807, 2.05) is 13.0 Å². The van der Waals surface area contributed by atoms with Gasteiger partial charge in [0.2, 0.25) is 0 Å². The Morgan fingerprint density at radius 3 is 2.65 bits per heavy atom. The molecule has 20 heavy (non-hydrogen) atoms. The van der Waals surface area contributed by atoms with E-state index in [0.29, 0.717) is 11.6 Å². The Labute approximate surface area is 128 Å². The Kier molecular flexibility index (Phi) is 5.05. The van der Waals surface area contributed by atoms with Gasteiger partial charge < -0.3 is 14.4 Å². The fourth-order valence-electron chi connectivity index (χ4n) is 2.69. The number of benzene rings is 1. The van der Waals surface area contributed by atoms with Gasteiger partial charge in [-0.15, -0.1) is 0 Å². The number of anilines is 1. The van der Waals surface area contributed by atoms with Crippen LogP contribution in [0.2, 0.25) is 0 Å². The molecule has 1 aromatic carbocycles. The van der Waals surface area contributed by atoms with Crippen LogP contribution < -0.4 is 4.90 Å². The summed E-state index contributed by atoms with van der Waals surface area (Å²) in [6.07, 6.45) is 2.01. The van der Waals surface area contributed by atoms with Gasteiger partial charge in [0.1, 0.15) is 0 Å². The minimum Gasteiger partial charge on any atom is -0.465 e. The maximum absolute atomic E-state index is 11.8. The summed E-state index contributed by atoms with van der Waals surface area (Å²) >= 11 is 3.59. The molecule has 0 bridgehead atoms. The molecule has 1 saturated heterocycles. The number of rotatable bonds is 3. The van der Waals surface area contributed by atoms with Crippen LogP contribution in [0.3, 0.4) is 0 Å². The molecule has 0 N–H and O–H groups in total. The van der Waals surface area contributed by atoms with E-state index in [0.717, 1.165) is 41.8 Å². The number of carbonyl (C=O) groups is 1. The average molecular weight is 342 g/mol. The fourth-order valence-corrected chi connectivity index (χ4v) is 3.40. The van der Waals surface area contributed by atoms with Crippen molar-refractivity contribution >= 4 is 27.6 Å². The van der Waals surface area contributed by atoms with Crippen molar-refractivity contribution in [2.24, 2.45) is 0 Å². The van der Waals surface area contributed by atoms with Gasteiger partial charge in [-0.1, -0.05) is 0 Å². The van der Waals surface area contributed by atoms with Gasteiger partial charge in [-0.25, -0.2) is 4.79 Å². The first-order valence-electron chi connectivity index (χ1n) is 6.74. The second-order valence-electron chi connectivity index (χ2n) is 5.01. The van der Waals surface area contributed by atoms with Crippen LogP contribution in [0.4, 0.5) is 5.69 Å². The van der Waals surface area contributed by atoms with Crippen molar-refractivity contribution in [3.8, 4) is 0 Å². The molecule has 0 atom stereocenters. The van der Waals surface area contributed by atoms with E-state index in [9.17, 15) is 4.79 Å². The summed E-state index contributed by atoms with van der Waals surface area (Å²) in [6, 6.07) is 4.14. The molecule has 1 heterocycles. The van der Waals surface area contributed by atoms with Gasteiger partial charge in [-0.3, -0.25) is 0 Å². The lowest BCUT2D eigenvalue weighted by molar-refractivity contribution is 0.0599. The second kappa shape index (κ2) is 6.59. The molecule has 0 unspecified atom stereocenters. The largest absolute Gasteiger partial charge is 0.465 e. The van der Waals surface area contributed by atoms with Gasteiger partial charge in [0.05, 0.1) is 18.4 Å². The second-order valence-corrected chi connectivity index (χ2v) is 5.87. The number of nitrogens with zero attached hydrogens (tertiary/aromatic N) is 1. The fraction of sp³-hybridized carbons (Fsp3) is 0.533. The van der Waals surface area contributed by atoms with E-state index in [-0.39, 0.29) is 5.97 Å². The number of methoxy groups -OCH3 is 1. The highest BCUT2D eigenvalue weighted by molar-refractivity contribution is 9.10. The molecular formula is C15H20BrNO3. The van der Waals surface area contributed by atoms with Crippen molar-refractivity contribution in [3.05, 3.63) is 27.7 Å². The zero-order chi connectivity index (χ0) is 14.7. The Balaban J connectivity index is 2.36. The molecule has 1 aliphatic heterocycles. The summed E-state index contributed by atoms with van der Waals surface area (Å²) in [5, 5.41) is 0. The number of hydrogen-bond donors (Lipinski definition) is 0. The Morgan fingerprint density at radius 1 is 1.40 bits per heavy atom. The highest BCUT2D eigenvalue weighted by Crippen LogP contribution is 2.34. The lowest BCUT2D eigenvalue weighted by Gasteiger charge is -2.34. The molecular weight excluding hydrogens is 322 g/mol. The molecule has 4 nitrogen and oxygen atoms in total. The molecule has 0 amide bonds. The maximum atomic E-state index is 11.8. The first-order valence-corrected chi connectivity index (χ1v) is 7.53. The average Bonchev–Trinajstić information content (AvgIpc) is 2.47. The molecule has 0 spiro atoms. The van der Waals surface area contributed by atoms with Gasteiger partial charge >= 0.3 is 5.97 Å². The minimum atomic E-state index is -0.295. The first-order chi connectivity index (χ1) is 9.56. The molecule has 1 fully saturated rings. The normalized spacial score (nSPS) is 16.0. The molecule has 1 aromatic rings. The van der Waals surface area contributed by atoms with E-state index in [1.54, 1.807) is 6.07 Å². The zero-order valence-electron chi connectivity index (χ0n) is 12.1. The molecule has 0 aliphatic carbocycles. The maximum Gasteiger partial charge on any atom is 0.338 e. The Bertz CT molecular complexity index is 498. The van der Waals surface area contributed by atoms with Crippen molar-refractivity contribution in [2.45, 2.75) is 25.8 Å². The monoisotopic (exact) mass is 341 g/mol. The summed E-state index contributed by atoms with van der Waals surface area (Å²) in [7, 11) is 3.48. The standard InChI is InChI=1S/C15H20BrNO3/c1-10-12(15(18)19-3)4-5-13(16)14(10)17(2)11-6-8-20-9-7-11/h4-5,11H,6-9H2,1-3H3. The van der Waals surface area contributed by atoms with Crippen LogP contribution in [-0.4, -0.2) is 39.4 Å². The topological polar surface area (TPSA) is 38.8 Å². The molecule has 0 aromatic heterocycles. The van der Waals surface area contributed by atoms with E-state index in [1.165, 1.54) is 7.11 Å². The van der Waals surface area contributed by atoms with Gasteiger partial charge in [-0.2, -0.15) is 0 Å². The Morgan fingerprint density at radius 2 is 2.05 bits per heavy atom. The van der Waals surface area contributed by atoms with Gasteiger partial charge in [0, 0.05) is 30.8 Å². The van der Waals surface area contributed by atoms with Crippen LogP contribution in [0.25, 0.3) is 0 Å². The number of ether oxygens (including phenoxy) is 2. The van der Waals surface area contributed by atoms with E-state index in [4.69, 9.17) is 9.47 Å². The number of carbonyl (C=O) groups excluding carboxylic acids is 1. The number of halogens is 1.